The van der Waals surface area contributed by atoms with Crippen molar-refractivity contribution in [2.24, 2.45) is 5.73 Å². The van der Waals surface area contributed by atoms with Gasteiger partial charge >= 0.3 is 0 Å². The minimum atomic E-state index is -0.106. The summed E-state index contributed by atoms with van der Waals surface area (Å²) in [6, 6.07) is 10.3. The number of rotatable bonds is 5. The molecule has 0 spiro atoms. The highest BCUT2D eigenvalue weighted by Crippen LogP contribution is 2.30. The number of anilines is 1. The lowest BCUT2D eigenvalue weighted by molar-refractivity contribution is 0.0905. The zero-order chi connectivity index (χ0) is 18.1. The number of methoxy groups -OCH3 is 1. The van der Waals surface area contributed by atoms with Crippen LogP contribution in [0.2, 0.25) is 0 Å². The molecule has 1 aromatic heterocycles. The van der Waals surface area contributed by atoms with E-state index in [1.54, 1.807) is 13.3 Å². The standard InChI is InChI=1S/C20H24N4O2/c1-26-17-5-3-13(4-6-17)14-9-18(24-7-2-8-24)19(22-12-14)20(25)23-16-10-15(21)11-16/h3-6,9,12,15-16H,2,7-8,10-11,21H2,1H3,(H,23,25). The Hall–Kier alpha value is -2.60. The lowest BCUT2D eigenvalue weighted by Gasteiger charge is -2.36. The van der Waals surface area contributed by atoms with Crippen LogP contribution in [0.1, 0.15) is 29.8 Å². The first kappa shape index (κ1) is 16.8. The first-order valence-electron chi connectivity index (χ1n) is 9.10. The number of benzene rings is 1. The van der Waals surface area contributed by atoms with E-state index in [9.17, 15) is 4.79 Å². The quantitative estimate of drug-likeness (QED) is 0.862. The number of hydrogen-bond acceptors (Lipinski definition) is 5. The van der Waals surface area contributed by atoms with Crippen molar-refractivity contribution in [2.75, 3.05) is 25.1 Å². The van der Waals surface area contributed by atoms with E-state index in [1.807, 2.05) is 24.3 Å². The maximum Gasteiger partial charge on any atom is 0.272 e. The highest BCUT2D eigenvalue weighted by Gasteiger charge is 2.30. The van der Waals surface area contributed by atoms with E-state index in [-0.39, 0.29) is 18.0 Å². The molecule has 0 bridgehead atoms. The maximum absolute atomic E-state index is 12.7. The van der Waals surface area contributed by atoms with E-state index < -0.39 is 0 Å². The molecular formula is C20H24N4O2. The average molecular weight is 352 g/mol. The van der Waals surface area contributed by atoms with Gasteiger partial charge in [0.2, 0.25) is 0 Å². The summed E-state index contributed by atoms with van der Waals surface area (Å²) in [5, 5.41) is 3.06. The smallest absolute Gasteiger partial charge is 0.272 e. The van der Waals surface area contributed by atoms with Crippen LogP contribution >= 0.6 is 0 Å². The molecule has 0 unspecified atom stereocenters. The molecule has 1 saturated heterocycles. The second-order valence-electron chi connectivity index (χ2n) is 7.06. The Balaban J connectivity index is 1.60. The summed E-state index contributed by atoms with van der Waals surface area (Å²) in [5.74, 6) is 0.712. The van der Waals surface area contributed by atoms with Gasteiger partial charge in [-0.25, -0.2) is 4.98 Å². The normalized spacial score (nSPS) is 21.5. The van der Waals surface area contributed by atoms with E-state index in [1.165, 1.54) is 0 Å². The van der Waals surface area contributed by atoms with Crippen LogP contribution in [0.15, 0.2) is 36.5 Å². The van der Waals surface area contributed by atoms with Crippen molar-refractivity contribution in [3.63, 3.8) is 0 Å². The lowest BCUT2D eigenvalue weighted by Crippen LogP contribution is -2.50. The van der Waals surface area contributed by atoms with Crippen LogP contribution in [-0.2, 0) is 0 Å². The molecule has 6 heteroatoms. The van der Waals surface area contributed by atoms with Gasteiger partial charge in [-0.3, -0.25) is 4.79 Å². The molecule has 0 atom stereocenters. The van der Waals surface area contributed by atoms with E-state index in [2.05, 4.69) is 21.3 Å². The predicted octanol–water partition coefficient (Wildman–Crippen LogP) is 2.19. The van der Waals surface area contributed by atoms with Gasteiger partial charge in [0.05, 0.1) is 12.8 Å². The molecule has 3 N–H and O–H groups in total. The largest absolute Gasteiger partial charge is 0.497 e. The van der Waals surface area contributed by atoms with Crippen LogP contribution in [0.25, 0.3) is 11.1 Å². The highest BCUT2D eigenvalue weighted by atomic mass is 16.5. The van der Waals surface area contributed by atoms with Crippen molar-refractivity contribution >= 4 is 11.6 Å². The van der Waals surface area contributed by atoms with Gasteiger partial charge in [0, 0.05) is 36.9 Å². The zero-order valence-corrected chi connectivity index (χ0v) is 14.9. The van der Waals surface area contributed by atoms with Crippen LogP contribution in [0.5, 0.6) is 5.75 Å². The number of nitrogens with zero attached hydrogens (tertiary/aromatic N) is 2. The molecule has 2 fully saturated rings. The van der Waals surface area contributed by atoms with Gasteiger partial charge in [0.25, 0.3) is 5.91 Å². The van der Waals surface area contributed by atoms with Gasteiger partial charge in [-0.05, 0) is 43.0 Å². The van der Waals surface area contributed by atoms with Gasteiger partial charge in [-0.1, -0.05) is 12.1 Å². The fourth-order valence-electron chi connectivity index (χ4n) is 3.40. The molecule has 2 aliphatic rings. The molecule has 1 amide bonds. The minimum Gasteiger partial charge on any atom is -0.497 e. The van der Waals surface area contributed by atoms with Crippen LogP contribution < -0.4 is 20.7 Å². The van der Waals surface area contributed by atoms with Crippen LogP contribution in [0.3, 0.4) is 0 Å². The molecule has 2 aromatic rings. The summed E-state index contributed by atoms with van der Waals surface area (Å²) in [4.78, 5) is 19.4. The summed E-state index contributed by atoms with van der Waals surface area (Å²) in [5.41, 5.74) is 9.27. The maximum atomic E-state index is 12.7. The van der Waals surface area contributed by atoms with Crippen molar-refractivity contribution in [1.82, 2.24) is 10.3 Å². The third-order valence-electron chi connectivity index (χ3n) is 5.21. The van der Waals surface area contributed by atoms with E-state index >= 15 is 0 Å². The third kappa shape index (κ3) is 3.24. The molecular weight excluding hydrogens is 328 g/mol. The number of pyridine rings is 1. The molecule has 2 heterocycles. The van der Waals surface area contributed by atoms with E-state index in [4.69, 9.17) is 10.5 Å². The lowest BCUT2D eigenvalue weighted by atomic mass is 9.87. The van der Waals surface area contributed by atoms with Crippen LogP contribution in [0.4, 0.5) is 5.69 Å². The summed E-state index contributed by atoms with van der Waals surface area (Å²) in [6.07, 6.45) is 4.60. The molecule has 1 saturated carbocycles. The minimum absolute atomic E-state index is 0.106. The molecule has 1 aromatic carbocycles. The first-order chi connectivity index (χ1) is 12.6. The number of nitrogens with one attached hydrogen (secondary N) is 1. The van der Waals surface area contributed by atoms with Crippen LogP contribution in [0, 0.1) is 0 Å². The van der Waals surface area contributed by atoms with Gasteiger partial charge < -0.3 is 20.7 Å². The number of amides is 1. The van der Waals surface area contributed by atoms with Crippen molar-refractivity contribution in [3.05, 3.63) is 42.2 Å². The Labute approximate surface area is 153 Å². The molecule has 1 aliphatic heterocycles. The highest BCUT2D eigenvalue weighted by molar-refractivity contribution is 5.99. The molecule has 6 nitrogen and oxygen atoms in total. The number of carbonyl (C=O) groups excluding carboxylic acids is 1. The molecule has 1 aliphatic carbocycles. The summed E-state index contributed by atoms with van der Waals surface area (Å²) in [7, 11) is 1.65. The predicted molar refractivity (Wildman–Crippen MR) is 102 cm³/mol. The van der Waals surface area contributed by atoms with Crippen molar-refractivity contribution in [3.8, 4) is 16.9 Å². The Morgan fingerprint density at radius 2 is 1.96 bits per heavy atom. The Morgan fingerprint density at radius 1 is 1.23 bits per heavy atom. The summed E-state index contributed by atoms with van der Waals surface area (Å²) < 4.78 is 5.22. The van der Waals surface area contributed by atoms with Gasteiger partial charge in [0.1, 0.15) is 5.75 Å². The van der Waals surface area contributed by atoms with Crippen molar-refractivity contribution in [1.29, 1.82) is 0 Å². The molecule has 4 rings (SSSR count). The fourth-order valence-corrected chi connectivity index (χ4v) is 3.40. The average Bonchev–Trinajstić information content (AvgIpc) is 2.59. The van der Waals surface area contributed by atoms with Crippen molar-refractivity contribution in [2.45, 2.75) is 31.3 Å². The van der Waals surface area contributed by atoms with Crippen molar-refractivity contribution < 1.29 is 9.53 Å². The fraction of sp³-hybridized carbons (Fsp3) is 0.400. The topological polar surface area (TPSA) is 80.5 Å². The summed E-state index contributed by atoms with van der Waals surface area (Å²) >= 11 is 0. The van der Waals surface area contributed by atoms with E-state index in [0.29, 0.717) is 5.69 Å². The van der Waals surface area contributed by atoms with E-state index in [0.717, 1.165) is 54.9 Å². The molecule has 136 valence electrons. The van der Waals surface area contributed by atoms with Crippen LogP contribution in [-0.4, -0.2) is 43.2 Å². The number of hydrogen-bond donors (Lipinski definition) is 2. The Morgan fingerprint density at radius 3 is 2.54 bits per heavy atom. The SMILES string of the molecule is COc1ccc(-c2cnc(C(=O)NC3CC(N)C3)c(N3CCC3)c2)cc1. The Bertz CT molecular complexity index is 796. The monoisotopic (exact) mass is 352 g/mol. The number of aromatic nitrogens is 1. The van der Waals surface area contributed by atoms with Gasteiger partial charge in [-0.2, -0.15) is 0 Å². The third-order valence-corrected chi connectivity index (χ3v) is 5.21. The second kappa shape index (κ2) is 6.96. The molecule has 26 heavy (non-hydrogen) atoms. The number of nitrogens with two attached hydrogens (primary N) is 1. The van der Waals surface area contributed by atoms with Gasteiger partial charge in [0.15, 0.2) is 5.69 Å². The molecule has 0 radical (unpaired) electrons. The van der Waals surface area contributed by atoms with Gasteiger partial charge in [-0.15, -0.1) is 0 Å². The Kier molecular flexibility index (Phi) is 4.51. The summed E-state index contributed by atoms with van der Waals surface area (Å²) in [6.45, 7) is 1.92. The number of carbonyl (C=O) groups is 1. The zero-order valence-electron chi connectivity index (χ0n) is 14.9. The first-order valence-corrected chi connectivity index (χ1v) is 9.10. The number of ether oxygens (including phenoxy) is 1. The second-order valence-corrected chi connectivity index (χ2v) is 7.06.